The lowest BCUT2D eigenvalue weighted by Gasteiger charge is -2.26. The minimum Gasteiger partial charge on any atom is -0.354 e. The standard InChI is InChI=1S/C12H17N3O3S/c1-9(13)10-2-4-11(5-3-10)19(17,18)15-7-6-14-12(16)8-15/h2-5,9H,6-8,13H2,1H3,(H,14,16). The Balaban J connectivity index is 2.26. The van der Waals surface area contributed by atoms with Crippen LogP contribution >= 0.6 is 0 Å². The maximum atomic E-state index is 12.3. The Labute approximate surface area is 112 Å². The Kier molecular flexibility index (Phi) is 3.88. The molecule has 0 aliphatic carbocycles. The normalized spacial score (nSPS) is 18.9. The number of rotatable bonds is 3. The molecular formula is C12H17N3O3S. The van der Waals surface area contributed by atoms with Crippen LogP contribution in [0.15, 0.2) is 29.2 Å². The highest BCUT2D eigenvalue weighted by Crippen LogP contribution is 2.19. The molecule has 1 aliphatic heterocycles. The topological polar surface area (TPSA) is 92.5 Å². The molecule has 1 heterocycles. The molecule has 6 nitrogen and oxygen atoms in total. The number of piperazine rings is 1. The van der Waals surface area contributed by atoms with Crippen molar-refractivity contribution < 1.29 is 13.2 Å². The van der Waals surface area contributed by atoms with E-state index >= 15 is 0 Å². The van der Waals surface area contributed by atoms with E-state index in [1.807, 2.05) is 6.92 Å². The van der Waals surface area contributed by atoms with Crippen LogP contribution in [0.2, 0.25) is 0 Å². The van der Waals surface area contributed by atoms with E-state index in [1.165, 1.54) is 16.4 Å². The quantitative estimate of drug-likeness (QED) is 0.805. The number of hydrogen-bond donors (Lipinski definition) is 2. The first-order valence-corrected chi connectivity index (χ1v) is 7.47. The van der Waals surface area contributed by atoms with E-state index in [0.29, 0.717) is 13.1 Å². The first-order chi connectivity index (χ1) is 8.91. The number of nitrogens with zero attached hydrogens (tertiary/aromatic N) is 1. The van der Waals surface area contributed by atoms with Gasteiger partial charge in [0, 0.05) is 19.1 Å². The molecule has 1 aromatic rings. The Bertz CT molecular complexity index is 566. The second kappa shape index (κ2) is 5.28. The molecule has 0 radical (unpaired) electrons. The summed E-state index contributed by atoms with van der Waals surface area (Å²) in [6.45, 7) is 2.34. The number of amides is 1. The van der Waals surface area contributed by atoms with Crippen LogP contribution in [0.1, 0.15) is 18.5 Å². The fourth-order valence-corrected chi connectivity index (χ4v) is 3.31. The first kappa shape index (κ1) is 14.0. The molecule has 7 heteroatoms. The molecule has 19 heavy (non-hydrogen) atoms. The van der Waals surface area contributed by atoms with E-state index in [-0.39, 0.29) is 23.4 Å². The van der Waals surface area contributed by atoms with Gasteiger partial charge in [-0.25, -0.2) is 8.42 Å². The van der Waals surface area contributed by atoms with Gasteiger partial charge >= 0.3 is 0 Å². The van der Waals surface area contributed by atoms with Gasteiger partial charge in [-0.1, -0.05) is 12.1 Å². The summed E-state index contributed by atoms with van der Waals surface area (Å²) in [4.78, 5) is 11.4. The monoisotopic (exact) mass is 283 g/mol. The number of benzene rings is 1. The molecular weight excluding hydrogens is 266 g/mol. The largest absolute Gasteiger partial charge is 0.354 e. The molecule has 0 aromatic heterocycles. The molecule has 0 spiro atoms. The van der Waals surface area contributed by atoms with Crippen LogP contribution in [-0.4, -0.2) is 38.3 Å². The summed E-state index contributed by atoms with van der Waals surface area (Å²) in [5.41, 5.74) is 6.59. The minimum atomic E-state index is -3.61. The maximum Gasteiger partial charge on any atom is 0.243 e. The summed E-state index contributed by atoms with van der Waals surface area (Å²) >= 11 is 0. The summed E-state index contributed by atoms with van der Waals surface area (Å²) in [6, 6.07) is 6.31. The van der Waals surface area contributed by atoms with Gasteiger partial charge in [-0.3, -0.25) is 4.79 Å². The molecule has 1 aromatic carbocycles. The van der Waals surface area contributed by atoms with Crippen LogP contribution in [0.25, 0.3) is 0 Å². The van der Waals surface area contributed by atoms with Gasteiger partial charge in [0.2, 0.25) is 15.9 Å². The molecule has 1 saturated heterocycles. The fourth-order valence-electron chi connectivity index (χ4n) is 1.91. The summed E-state index contributed by atoms with van der Waals surface area (Å²) in [5, 5.41) is 2.60. The second-order valence-electron chi connectivity index (χ2n) is 4.55. The van der Waals surface area contributed by atoms with Gasteiger partial charge < -0.3 is 11.1 Å². The van der Waals surface area contributed by atoms with Gasteiger partial charge in [0.25, 0.3) is 0 Å². The number of nitrogens with two attached hydrogens (primary N) is 1. The fraction of sp³-hybridized carbons (Fsp3) is 0.417. The molecule has 1 amide bonds. The Hall–Kier alpha value is -1.44. The average Bonchev–Trinajstić information content (AvgIpc) is 2.39. The molecule has 104 valence electrons. The predicted octanol–water partition coefficient (Wildman–Crippen LogP) is -0.173. The highest BCUT2D eigenvalue weighted by atomic mass is 32.2. The maximum absolute atomic E-state index is 12.3. The molecule has 1 aliphatic rings. The Morgan fingerprint density at radius 1 is 1.32 bits per heavy atom. The van der Waals surface area contributed by atoms with E-state index < -0.39 is 10.0 Å². The third kappa shape index (κ3) is 2.94. The smallest absolute Gasteiger partial charge is 0.243 e. The first-order valence-electron chi connectivity index (χ1n) is 6.03. The molecule has 1 atom stereocenters. The van der Waals surface area contributed by atoms with Crippen molar-refractivity contribution in [3.8, 4) is 0 Å². The van der Waals surface area contributed by atoms with Crippen molar-refractivity contribution in [3.05, 3.63) is 29.8 Å². The zero-order valence-electron chi connectivity index (χ0n) is 10.7. The van der Waals surface area contributed by atoms with Crippen LogP contribution < -0.4 is 11.1 Å². The lowest BCUT2D eigenvalue weighted by molar-refractivity contribution is -0.122. The lowest BCUT2D eigenvalue weighted by Crippen LogP contribution is -2.49. The van der Waals surface area contributed by atoms with E-state index in [2.05, 4.69) is 5.32 Å². The van der Waals surface area contributed by atoms with Crippen LogP contribution in [0.3, 0.4) is 0 Å². The predicted molar refractivity (Wildman–Crippen MR) is 70.8 cm³/mol. The molecule has 1 unspecified atom stereocenters. The summed E-state index contributed by atoms with van der Waals surface area (Å²) in [5.74, 6) is -0.276. The summed E-state index contributed by atoms with van der Waals surface area (Å²) in [7, 11) is -3.61. The minimum absolute atomic E-state index is 0.128. The lowest BCUT2D eigenvalue weighted by atomic mass is 10.1. The third-order valence-electron chi connectivity index (χ3n) is 3.05. The van der Waals surface area contributed by atoms with E-state index in [1.54, 1.807) is 12.1 Å². The molecule has 2 rings (SSSR count). The Morgan fingerprint density at radius 2 is 1.95 bits per heavy atom. The van der Waals surface area contributed by atoms with Crippen LogP contribution in [0.5, 0.6) is 0 Å². The average molecular weight is 283 g/mol. The number of nitrogens with one attached hydrogen (secondary N) is 1. The van der Waals surface area contributed by atoms with E-state index in [0.717, 1.165) is 5.56 Å². The molecule has 1 fully saturated rings. The summed E-state index contributed by atoms with van der Waals surface area (Å²) < 4.78 is 25.8. The Morgan fingerprint density at radius 3 is 2.47 bits per heavy atom. The SMILES string of the molecule is CC(N)c1ccc(S(=O)(=O)N2CCNC(=O)C2)cc1. The van der Waals surface area contributed by atoms with Crippen molar-refractivity contribution in [2.75, 3.05) is 19.6 Å². The van der Waals surface area contributed by atoms with Gasteiger partial charge in [0.05, 0.1) is 11.4 Å². The van der Waals surface area contributed by atoms with Crippen LogP contribution in [0.4, 0.5) is 0 Å². The number of carbonyl (C=O) groups excluding carboxylic acids is 1. The van der Waals surface area contributed by atoms with Crippen molar-refractivity contribution in [1.82, 2.24) is 9.62 Å². The van der Waals surface area contributed by atoms with Crippen molar-refractivity contribution >= 4 is 15.9 Å². The van der Waals surface area contributed by atoms with E-state index in [9.17, 15) is 13.2 Å². The molecule has 3 N–H and O–H groups in total. The molecule has 0 bridgehead atoms. The van der Waals surface area contributed by atoms with Gasteiger partial charge in [-0.05, 0) is 24.6 Å². The van der Waals surface area contributed by atoms with E-state index in [4.69, 9.17) is 5.73 Å². The van der Waals surface area contributed by atoms with Crippen molar-refractivity contribution in [2.24, 2.45) is 5.73 Å². The molecule has 0 saturated carbocycles. The van der Waals surface area contributed by atoms with Crippen molar-refractivity contribution in [3.63, 3.8) is 0 Å². The second-order valence-corrected chi connectivity index (χ2v) is 6.48. The van der Waals surface area contributed by atoms with Crippen LogP contribution in [0, 0.1) is 0 Å². The zero-order valence-corrected chi connectivity index (χ0v) is 11.5. The van der Waals surface area contributed by atoms with Crippen molar-refractivity contribution in [2.45, 2.75) is 17.9 Å². The van der Waals surface area contributed by atoms with Crippen molar-refractivity contribution in [1.29, 1.82) is 0 Å². The van der Waals surface area contributed by atoms with Crippen LogP contribution in [-0.2, 0) is 14.8 Å². The highest BCUT2D eigenvalue weighted by molar-refractivity contribution is 7.89. The van der Waals surface area contributed by atoms with Gasteiger partial charge in [0.15, 0.2) is 0 Å². The zero-order chi connectivity index (χ0) is 14.0. The summed E-state index contributed by atoms with van der Waals surface area (Å²) in [6.07, 6.45) is 0. The van der Waals surface area contributed by atoms with Gasteiger partial charge in [-0.2, -0.15) is 4.31 Å². The number of hydrogen-bond acceptors (Lipinski definition) is 4. The third-order valence-corrected chi connectivity index (χ3v) is 4.91. The van der Waals surface area contributed by atoms with Gasteiger partial charge in [-0.15, -0.1) is 0 Å². The number of sulfonamides is 1. The van der Waals surface area contributed by atoms with Gasteiger partial charge in [0.1, 0.15) is 0 Å². The highest BCUT2D eigenvalue weighted by Gasteiger charge is 2.28. The number of carbonyl (C=O) groups is 1.